The highest BCUT2D eigenvalue weighted by atomic mass is 16.5. The zero-order chi connectivity index (χ0) is 15.7. The molecule has 0 aromatic heterocycles. The normalized spacial score (nSPS) is 12.9. The summed E-state index contributed by atoms with van der Waals surface area (Å²) in [5.74, 6) is 0. The fourth-order valence-electron chi connectivity index (χ4n) is 2.49. The second-order valence-electron chi connectivity index (χ2n) is 5.52. The highest BCUT2D eigenvalue weighted by molar-refractivity contribution is 5.32. The zero-order valence-corrected chi connectivity index (χ0v) is 13.8. The minimum atomic E-state index is -0.468. The molecule has 0 aliphatic rings. The first-order valence-corrected chi connectivity index (χ1v) is 7.54. The van der Waals surface area contributed by atoms with Gasteiger partial charge in [0.1, 0.15) is 0 Å². The maximum atomic E-state index is 10.5. The molecule has 0 fully saturated rings. The number of benzene rings is 1. The lowest BCUT2D eigenvalue weighted by atomic mass is 10.0. The van der Waals surface area contributed by atoms with Crippen LogP contribution in [0.2, 0.25) is 0 Å². The van der Waals surface area contributed by atoms with Crippen molar-refractivity contribution >= 4 is 0 Å². The van der Waals surface area contributed by atoms with Gasteiger partial charge in [-0.25, -0.2) is 0 Å². The number of ether oxygens (including phenoxy) is 2. The molecule has 1 atom stereocenters. The number of nitrogens with zero attached hydrogens (tertiary/aromatic N) is 1. The molecule has 1 rings (SSSR count). The van der Waals surface area contributed by atoms with E-state index in [0.717, 1.165) is 37.2 Å². The van der Waals surface area contributed by atoms with E-state index in [1.54, 1.807) is 14.2 Å². The summed E-state index contributed by atoms with van der Waals surface area (Å²) in [7, 11) is 3.41. The lowest BCUT2D eigenvalue weighted by molar-refractivity contribution is 0.0815. The summed E-state index contributed by atoms with van der Waals surface area (Å²) in [5, 5.41) is 10.5. The third kappa shape index (κ3) is 6.57. The van der Waals surface area contributed by atoms with Crippen LogP contribution in [-0.4, -0.2) is 57.1 Å². The van der Waals surface area contributed by atoms with Crippen LogP contribution in [0.3, 0.4) is 0 Å². The van der Waals surface area contributed by atoms with Crippen molar-refractivity contribution in [1.29, 1.82) is 0 Å². The third-order valence-electron chi connectivity index (χ3n) is 3.65. The van der Waals surface area contributed by atoms with Crippen LogP contribution in [0, 0.1) is 13.8 Å². The minimum Gasteiger partial charge on any atom is -0.387 e. The van der Waals surface area contributed by atoms with Crippen molar-refractivity contribution in [3.8, 4) is 0 Å². The molecule has 0 saturated carbocycles. The van der Waals surface area contributed by atoms with Crippen molar-refractivity contribution < 1.29 is 14.6 Å². The Morgan fingerprint density at radius 3 is 2.43 bits per heavy atom. The molecule has 1 aromatic carbocycles. The summed E-state index contributed by atoms with van der Waals surface area (Å²) in [4.78, 5) is 2.23. The van der Waals surface area contributed by atoms with Crippen LogP contribution in [-0.2, 0) is 9.47 Å². The number of aliphatic hydroxyl groups is 1. The van der Waals surface area contributed by atoms with Gasteiger partial charge in [-0.2, -0.15) is 0 Å². The van der Waals surface area contributed by atoms with E-state index in [4.69, 9.17) is 9.47 Å². The van der Waals surface area contributed by atoms with Crippen LogP contribution in [0.15, 0.2) is 18.2 Å². The van der Waals surface area contributed by atoms with Crippen molar-refractivity contribution in [2.75, 3.05) is 47.1 Å². The minimum absolute atomic E-state index is 0.468. The number of hydrogen-bond donors (Lipinski definition) is 1. The smallest absolute Gasteiger partial charge is 0.0919 e. The molecule has 1 unspecified atom stereocenters. The standard InChI is InChI=1S/C17H29NO3/c1-14-6-7-16(15(2)12-14)17(19)13-18(9-11-21-4)8-5-10-20-3/h6-7,12,17,19H,5,8-11,13H2,1-4H3. The van der Waals surface area contributed by atoms with Crippen molar-refractivity contribution in [3.63, 3.8) is 0 Å². The van der Waals surface area contributed by atoms with E-state index < -0.39 is 6.10 Å². The topological polar surface area (TPSA) is 41.9 Å². The average Bonchev–Trinajstić information content (AvgIpc) is 2.44. The second kappa shape index (κ2) is 9.90. The average molecular weight is 295 g/mol. The zero-order valence-electron chi connectivity index (χ0n) is 13.8. The molecule has 0 spiro atoms. The molecule has 0 aliphatic heterocycles. The van der Waals surface area contributed by atoms with Crippen molar-refractivity contribution in [2.45, 2.75) is 26.4 Å². The molecule has 0 amide bonds. The molecular weight excluding hydrogens is 266 g/mol. The van der Waals surface area contributed by atoms with Crippen LogP contribution in [0.4, 0.5) is 0 Å². The van der Waals surface area contributed by atoms with E-state index in [2.05, 4.69) is 30.9 Å². The highest BCUT2D eigenvalue weighted by Gasteiger charge is 2.15. The Kier molecular flexibility index (Phi) is 8.54. The summed E-state index contributed by atoms with van der Waals surface area (Å²) in [6.07, 6.45) is 0.491. The molecular formula is C17H29NO3. The van der Waals surface area contributed by atoms with Crippen LogP contribution in [0.25, 0.3) is 0 Å². The van der Waals surface area contributed by atoms with Gasteiger partial charge in [-0.1, -0.05) is 23.8 Å². The number of methoxy groups -OCH3 is 2. The Labute approximate surface area is 128 Å². The molecule has 1 aromatic rings. The highest BCUT2D eigenvalue weighted by Crippen LogP contribution is 2.20. The summed E-state index contributed by atoms with van der Waals surface area (Å²) < 4.78 is 10.2. The van der Waals surface area contributed by atoms with Crippen LogP contribution < -0.4 is 0 Å². The van der Waals surface area contributed by atoms with E-state index in [9.17, 15) is 5.11 Å². The first kappa shape index (κ1) is 18.1. The van der Waals surface area contributed by atoms with Crippen LogP contribution >= 0.6 is 0 Å². The van der Waals surface area contributed by atoms with E-state index >= 15 is 0 Å². The monoisotopic (exact) mass is 295 g/mol. The maximum absolute atomic E-state index is 10.5. The molecule has 1 N–H and O–H groups in total. The molecule has 0 heterocycles. The molecule has 4 nitrogen and oxygen atoms in total. The summed E-state index contributed by atoms with van der Waals surface area (Å²) in [6.45, 7) is 7.88. The predicted octanol–water partition coefficient (Wildman–Crippen LogP) is 2.32. The van der Waals surface area contributed by atoms with Gasteiger partial charge >= 0.3 is 0 Å². The second-order valence-corrected chi connectivity index (χ2v) is 5.52. The summed E-state index contributed by atoms with van der Waals surface area (Å²) in [6, 6.07) is 6.19. The number of aryl methyl sites for hydroxylation is 2. The Hall–Kier alpha value is -0.940. The van der Waals surface area contributed by atoms with Crippen LogP contribution in [0.1, 0.15) is 29.2 Å². The van der Waals surface area contributed by atoms with Gasteiger partial charge in [-0.15, -0.1) is 0 Å². The van der Waals surface area contributed by atoms with Crippen LogP contribution in [0.5, 0.6) is 0 Å². The van der Waals surface area contributed by atoms with E-state index in [1.165, 1.54) is 5.56 Å². The van der Waals surface area contributed by atoms with Gasteiger partial charge in [0.2, 0.25) is 0 Å². The molecule has 0 aliphatic carbocycles. The fourth-order valence-corrected chi connectivity index (χ4v) is 2.49. The molecule has 4 heteroatoms. The first-order chi connectivity index (χ1) is 10.1. The van der Waals surface area contributed by atoms with Crippen molar-refractivity contribution in [2.24, 2.45) is 0 Å². The Bertz CT molecular complexity index is 409. The van der Waals surface area contributed by atoms with Gasteiger partial charge in [0.05, 0.1) is 12.7 Å². The van der Waals surface area contributed by atoms with Crippen molar-refractivity contribution in [3.05, 3.63) is 34.9 Å². The van der Waals surface area contributed by atoms with Gasteiger partial charge in [0.25, 0.3) is 0 Å². The van der Waals surface area contributed by atoms with E-state index in [-0.39, 0.29) is 0 Å². The Morgan fingerprint density at radius 2 is 1.81 bits per heavy atom. The fraction of sp³-hybridized carbons (Fsp3) is 0.647. The van der Waals surface area contributed by atoms with Gasteiger partial charge < -0.3 is 14.6 Å². The van der Waals surface area contributed by atoms with Gasteiger partial charge in [0.15, 0.2) is 0 Å². The molecule has 0 bridgehead atoms. The lowest BCUT2D eigenvalue weighted by Crippen LogP contribution is -2.33. The molecule has 0 saturated heterocycles. The quantitative estimate of drug-likeness (QED) is 0.673. The number of aliphatic hydroxyl groups excluding tert-OH is 1. The summed E-state index contributed by atoms with van der Waals surface area (Å²) >= 11 is 0. The largest absolute Gasteiger partial charge is 0.387 e. The van der Waals surface area contributed by atoms with Crippen molar-refractivity contribution in [1.82, 2.24) is 4.90 Å². The molecule has 120 valence electrons. The SMILES string of the molecule is COCCCN(CCOC)CC(O)c1ccc(C)cc1C. The summed E-state index contributed by atoms with van der Waals surface area (Å²) in [5.41, 5.74) is 3.38. The predicted molar refractivity (Wildman–Crippen MR) is 85.7 cm³/mol. The molecule has 21 heavy (non-hydrogen) atoms. The number of rotatable bonds is 10. The van der Waals surface area contributed by atoms with Gasteiger partial charge in [0, 0.05) is 40.5 Å². The van der Waals surface area contributed by atoms with Gasteiger partial charge in [-0.3, -0.25) is 4.90 Å². The number of hydrogen-bond acceptors (Lipinski definition) is 4. The first-order valence-electron chi connectivity index (χ1n) is 7.54. The lowest BCUT2D eigenvalue weighted by Gasteiger charge is -2.25. The third-order valence-corrected chi connectivity index (χ3v) is 3.65. The van der Waals surface area contributed by atoms with Gasteiger partial charge in [-0.05, 0) is 31.4 Å². The molecule has 0 radical (unpaired) electrons. The van der Waals surface area contributed by atoms with E-state index in [1.807, 2.05) is 6.07 Å². The Morgan fingerprint density at radius 1 is 1.10 bits per heavy atom. The maximum Gasteiger partial charge on any atom is 0.0919 e. The Balaban J connectivity index is 2.62. The van der Waals surface area contributed by atoms with E-state index in [0.29, 0.717) is 13.2 Å².